The van der Waals surface area contributed by atoms with Crippen LogP contribution in [0.2, 0.25) is 0 Å². The van der Waals surface area contributed by atoms with Gasteiger partial charge in [0.05, 0.1) is 17.6 Å². The number of rotatable bonds is 6. The highest BCUT2D eigenvalue weighted by atomic mass is 32.2. The molecule has 0 aliphatic carbocycles. The lowest BCUT2D eigenvalue weighted by atomic mass is 10.2. The van der Waals surface area contributed by atoms with E-state index in [0.717, 1.165) is 5.56 Å². The van der Waals surface area contributed by atoms with Gasteiger partial charge in [0.15, 0.2) is 0 Å². The van der Waals surface area contributed by atoms with Crippen molar-refractivity contribution >= 4 is 10.0 Å². The maximum Gasteiger partial charge on any atom is 0.214 e. The van der Waals surface area contributed by atoms with Crippen LogP contribution in [0.4, 0.5) is 0 Å². The molecular formula is C10H18N2O4S. The van der Waals surface area contributed by atoms with Gasteiger partial charge in [0.25, 0.3) is 0 Å². The van der Waals surface area contributed by atoms with Crippen LogP contribution in [0.15, 0.2) is 4.52 Å². The zero-order valence-corrected chi connectivity index (χ0v) is 11.3. The van der Waals surface area contributed by atoms with Gasteiger partial charge in [0.2, 0.25) is 10.0 Å². The Morgan fingerprint density at radius 2 is 2.12 bits per heavy atom. The molecule has 0 unspecified atom stereocenters. The molecule has 0 aromatic carbocycles. The molecule has 0 fully saturated rings. The topological polar surface area (TPSA) is 81.4 Å². The second kappa shape index (κ2) is 5.61. The van der Waals surface area contributed by atoms with Crippen LogP contribution in [-0.2, 0) is 21.3 Å². The molecule has 1 rings (SSSR count). The highest BCUT2D eigenvalue weighted by molar-refractivity contribution is 7.89. The molecular weight excluding hydrogens is 244 g/mol. The van der Waals surface area contributed by atoms with E-state index in [1.54, 1.807) is 20.8 Å². The molecule has 0 saturated heterocycles. The second-order valence-corrected chi connectivity index (χ2v) is 5.80. The monoisotopic (exact) mass is 262 g/mol. The summed E-state index contributed by atoms with van der Waals surface area (Å²) in [7, 11) is -1.87. The maximum atomic E-state index is 11.7. The Morgan fingerprint density at radius 1 is 1.47 bits per heavy atom. The molecule has 0 spiro atoms. The predicted molar refractivity (Wildman–Crippen MR) is 63.1 cm³/mol. The number of sulfonamides is 1. The second-order valence-electron chi connectivity index (χ2n) is 3.95. The molecule has 0 aliphatic heterocycles. The minimum atomic E-state index is -3.35. The first kappa shape index (κ1) is 14.1. The van der Waals surface area contributed by atoms with Gasteiger partial charge < -0.3 is 9.26 Å². The van der Waals surface area contributed by atoms with E-state index >= 15 is 0 Å². The lowest BCUT2D eigenvalue weighted by Gasteiger charge is -2.10. The van der Waals surface area contributed by atoms with Crippen molar-refractivity contribution in [1.82, 2.24) is 9.88 Å². The van der Waals surface area contributed by atoms with Crippen molar-refractivity contribution in [3.63, 3.8) is 0 Å². The van der Waals surface area contributed by atoms with Crippen LogP contribution in [0.25, 0.3) is 0 Å². The van der Waals surface area contributed by atoms with E-state index in [9.17, 15) is 8.42 Å². The molecule has 0 bridgehead atoms. The van der Waals surface area contributed by atoms with Gasteiger partial charge >= 0.3 is 0 Å². The van der Waals surface area contributed by atoms with Crippen LogP contribution < -0.4 is 4.72 Å². The molecule has 0 aliphatic rings. The van der Waals surface area contributed by atoms with Crippen LogP contribution in [0.3, 0.4) is 0 Å². The number of aryl methyl sites for hydroxylation is 2. The highest BCUT2D eigenvalue weighted by Crippen LogP contribution is 2.12. The normalized spacial score (nSPS) is 13.9. The molecule has 1 atom stereocenters. The van der Waals surface area contributed by atoms with Crippen LogP contribution >= 0.6 is 0 Å². The summed E-state index contributed by atoms with van der Waals surface area (Å²) in [5.41, 5.74) is 1.48. The summed E-state index contributed by atoms with van der Waals surface area (Å²) in [4.78, 5) is 0. The molecule has 1 aromatic rings. The van der Waals surface area contributed by atoms with Gasteiger partial charge in [-0.05, 0) is 20.8 Å². The lowest BCUT2D eigenvalue weighted by Crippen LogP contribution is -2.31. The fourth-order valence-electron chi connectivity index (χ4n) is 1.37. The summed E-state index contributed by atoms with van der Waals surface area (Å²) < 4.78 is 35.7. The van der Waals surface area contributed by atoms with Gasteiger partial charge in [0.1, 0.15) is 5.76 Å². The Morgan fingerprint density at radius 3 is 2.59 bits per heavy atom. The summed E-state index contributed by atoms with van der Waals surface area (Å²) in [5, 5.41) is 3.76. The molecule has 1 heterocycles. The van der Waals surface area contributed by atoms with Crippen LogP contribution in [0.1, 0.15) is 23.9 Å². The quantitative estimate of drug-likeness (QED) is 0.818. The van der Waals surface area contributed by atoms with Crippen molar-refractivity contribution < 1.29 is 17.7 Å². The van der Waals surface area contributed by atoms with Crippen LogP contribution in [-0.4, -0.2) is 32.5 Å². The van der Waals surface area contributed by atoms with Crippen molar-refractivity contribution in [2.45, 2.75) is 33.4 Å². The van der Waals surface area contributed by atoms with Crippen molar-refractivity contribution in [3.8, 4) is 0 Å². The summed E-state index contributed by atoms with van der Waals surface area (Å²) >= 11 is 0. The first-order valence-corrected chi connectivity index (χ1v) is 6.93. The average Bonchev–Trinajstić information content (AvgIpc) is 2.55. The zero-order chi connectivity index (χ0) is 13.1. The van der Waals surface area contributed by atoms with E-state index in [4.69, 9.17) is 9.26 Å². The van der Waals surface area contributed by atoms with Gasteiger partial charge in [-0.1, -0.05) is 5.16 Å². The van der Waals surface area contributed by atoms with Gasteiger partial charge in [-0.15, -0.1) is 0 Å². The first-order chi connectivity index (χ1) is 7.85. The van der Waals surface area contributed by atoms with Gasteiger partial charge in [0, 0.05) is 19.2 Å². The number of hydrogen-bond donors (Lipinski definition) is 1. The molecule has 7 heteroatoms. The van der Waals surface area contributed by atoms with Crippen LogP contribution in [0, 0.1) is 13.8 Å². The van der Waals surface area contributed by atoms with Crippen molar-refractivity contribution in [2.24, 2.45) is 0 Å². The zero-order valence-electron chi connectivity index (χ0n) is 10.5. The number of methoxy groups -OCH3 is 1. The Hall–Kier alpha value is -0.920. The van der Waals surface area contributed by atoms with E-state index < -0.39 is 10.0 Å². The summed E-state index contributed by atoms with van der Waals surface area (Å²) in [6, 6.07) is 0. The van der Waals surface area contributed by atoms with Crippen molar-refractivity contribution in [3.05, 3.63) is 17.0 Å². The van der Waals surface area contributed by atoms with E-state index in [1.165, 1.54) is 7.11 Å². The average molecular weight is 262 g/mol. The maximum absolute atomic E-state index is 11.7. The third-order valence-electron chi connectivity index (χ3n) is 2.51. The molecule has 0 saturated carbocycles. The number of nitrogens with one attached hydrogen (secondary N) is 1. The Balaban J connectivity index is 2.62. The Labute approximate surface area is 101 Å². The summed E-state index contributed by atoms with van der Waals surface area (Å²) in [5.74, 6) is 0.567. The molecule has 98 valence electrons. The van der Waals surface area contributed by atoms with Crippen LogP contribution in [0.5, 0.6) is 0 Å². The minimum absolute atomic E-state index is 0.0626. The predicted octanol–water partition coefficient (Wildman–Crippen LogP) is 0.746. The number of ether oxygens (including phenoxy) is 1. The molecule has 6 nitrogen and oxygen atoms in total. The summed E-state index contributed by atoms with van der Waals surface area (Å²) in [6.45, 7) is 5.42. The molecule has 1 N–H and O–H groups in total. The number of nitrogens with zero attached hydrogens (tertiary/aromatic N) is 1. The third kappa shape index (κ3) is 4.10. The Kier molecular flexibility index (Phi) is 4.67. The highest BCUT2D eigenvalue weighted by Gasteiger charge is 2.17. The molecule has 17 heavy (non-hydrogen) atoms. The summed E-state index contributed by atoms with van der Waals surface area (Å²) in [6.07, 6.45) is -0.336. The number of aromatic nitrogens is 1. The first-order valence-electron chi connectivity index (χ1n) is 5.27. The van der Waals surface area contributed by atoms with Gasteiger partial charge in [-0.2, -0.15) is 0 Å². The lowest BCUT2D eigenvalue weighted by molar-refractivity contribution is 0.136. The van der Waals surface area contributed by atoms with E-state index in [1.807, 2.05) is 0 Å². The van der Waals surface area contributed by atoms with Crippen molar-refractivity contribution in [2.75, 3.05) is 12.9 Å². The van der Waals surface area contributed by atoms with E-state index in [2.05, 4.69) is 9.88 Å². The van der Waals surface area contributed by atoms with E-state index in [0.29, 0.717) is 11.5 Å². The third-order valence-corrected chi connectivity index (χ3v) is 4.00. The fourth-order valence-corrected chi connectivity index (χ4v) is 2.61. The Bertz CT molecular complexity index is 447. The minimum Gasteiger partial charge on any atom is -0.381 e. The molecule has 0 amide bonds. The standard InChI is InChI=1S/C10H18N2O4S/c1-7(15-4)6-17(13,14)11-5-10-8(2)12-16-9(10)3/h7,11H,5-6H2,1-4H3/t7-/m1/s1. The van der Waals surface area contributed by atoms with Gasteiger partial charge in [-0.25, -0.2) is 13.1 Å². The molecule has 0 radical (unpaired) electrons. The smallest absolute Gasteiger partial charge is 0.214 e. The SMILES string of the molecule is CO[C@H](C)CS(=O)(=O)NCc1c(C)noc1C. The molecule has 1 aromatic heterocycles. The van der Waals surface area contributed by atoms with E-state index in [-0.39, 0.29) is 18.4 Å². The number of hydrogen-bond acceptors (Lipinski definition) is 5. The van der Waals surface area contributed by atoms with Gasteiger partial charge in [-0.3, -0.25) is 0 Å². The largest absolute Gasteiger partial charge is 0.381 e. The fraction of sp³-hybridized carbons (Fsp3) is 0.700. The van der Waals surface area contributed by atoms with Crippen molar-refractivity contribution in [1.29, 1.82) is 0 Å².